The van der Waals surface area contributed by atoms with E-state index in [9.17, 15) is 5.48 Å². The molecule has 0 N–H and O–H groups in total. The average molecular weight is 1150 g/mol. The first-order valence-corrected chi connectivity index (χ1v) is 28.9. The molecular formula is C76H69F5N4O. The van der Waals surface area contributed by atoms with Crippen molar-refractivity contribution in [2.45, 2.75) is 105 Å². The quantitative estimate of drug-likeness (QED) is 0.0819. The van der Waals surface area contributed by atoms with E-state index in [4.69, 9.17) is 9.72 Å². The Morgan fingerprint density at radius 1 is 0.419 bits per heavy atom. The zero-order valence-electron chi connectivity index (χ0n) is 54.4. The molecule has 0 amide bonds. The summed E-state index contributed by atoms with van der Waals surface area (Å²) in [5.74, 6) is -9.04. The van der Waals surface area contributed by atoms with Crippen LogP contribution in [-0.2, 0) is 21.7 Å². The molecule has 0 bridgehead atoms. The van der Waals surface area contributed by atoms with Crippen LogP contribution < -0.4 is 14.5 Å². The monoisotopic (exact) mass is 1150 g/mol. The number of hydrogen-bond donors (Lipinski definition) is 0. The van der Waals surface area contributed by atoms with Gasteiger partial charge < -0.3 is 14.5 Å². The zero-order valence-corrected chi connectivity index (χ0v) is 50.4. The molecule has 0 fully saturated rings. The van der Waals surface area contributed by atoms with Gasteiger partial charge in [-0.1, -0.05) is 186 Å². The Morgan fingerprint density at radius 3 is 1.62 bits per heavy atom. The second-order valence-corrected chi connectivity index (χ2v) is 26.5. The predicted molar refractivity (Wildman–Crippen MR) is 343 cm³/mol. The second kappa shape index (κ2) is 21.2. The molecule has 86 heavy (non-hydrogen) atoms. The summed E-state index contributed by atoms with van der Waals surface area (Å²) in [4.78, 5) is 8.62. The summed E-state index contributed by atoms with van der Waals surface area (Å²) in [6.45, 7) is 24.4. The molecule has 1 aliphatic heterocycles. The minimum Gasteiger partial charge on any atom is -0.457 e. The molecule has 0 saturated heterocycles. The van der Waals surface area contributed by atoms with Crippen LogP contribution in [-0.4, -0.2) is 16.2 Å². The molecule has 0 unspecified atom stereocenters. The third-order valence-corrected chi connectivity index (χ3v) is 16.3. The van der Waals surface area contributed by atoms with Crippen molar-refractivity contribution >= 4 is 44.6 Å². The molecule has 0 atom stereocenters. The maximum Gasteiger partial charge on any atom is 0.200 e. The molecule has 11 aromatic rings. The maximum absolute atomic E-state index is 17.0. The first-order chi connectivity index (χ1) is 42.4. The highest BCUT2D eigenvalue weighted by atomic mass is 19.2. The molecule has 10 heteroatoms. The number of halogens is 5. The van der Waals surface area contributed by atoms with Crippen molar-refractivity contribution in [3.8, 4) is 61.8 Å². The summed E-state index contributed by atoms with van der Waals surface area (Å²) in [7, 11) is 0. The van der Waals surface area contributed by atoms with Gasteiger partial charge in [0.1, 0.15) is 24.0 Å². The van der Waals surface area contributed by atoms with E-state index in [-0.39, 0.29) is 69.9 Å². The van der Waals surface area contributed by atoms with Crippen LogP contribution in [0, 0.1) is 29.1 Å². The summed E-state index contributed by atoms with van der Waals surface area (Å²) in [6, 6.07) is 48.4. The smallest absolute Gasteiger partial charge is 0.200 e. The van der Waals surface area contributed by atoms with Crippen LogP contribution in [0.1, 0.15) is 111 Å². The minimum absolute atomic E-state index is 0.0233. The average Bonchev–Trinajstić information content (AvgIpc) is 1.32. The van der Waals surface area contributed by atoms with Gasteiger partial charge in [0.25, 0.3) is 0 Å². The summed E-state index contributed by atoms with van der Waals surface area (Å²) in [5.41, 5.74) is 6.02. The fraction of sp³-hybridized carbons (Fsp3) is 0.224. The normalized spacial score (nSPS) is 13.7. The number of pyridine rings is 1. The zero-order chi connectivity index (χ0) is 64.4. The van der Waals surface area contributed by atoms with Crippen LogP contribution in [0.5, 0.6) is 11.5 Å². The summed E-state index contributed by atoms with van der Waals surface area (Å²) >= 11 is 0. The first-order valence-electron chi connectivity index (χ1n) is 30.9. The Morgan fingerprint density at radius 2 is 0.977 bits per heavy atom. The number of ether oxygens (including phenoxy) is 1. The molecular weight excluding hydrogens is 1080 g/mol. The number of fused-ring (bicyclic) bond motifs is 4. The summed E-state index contributed by atoms with van der Waals surface area (Å²) < 4.78 is 128. The largest absolute Gasteiger partial charge is 0.457 e. The van der Waals surface area contributed by atoms with Crippen LogP contribution in [0.2, 0.25) is 0 Å². The van der Waals surface area contributed by atoms with Crippen molar-refractivity contribution < 1.29 is 32.2 Å². The Kier molecular flexibility index (Phi) is 12.9. The van der Waals surface area contributed by atoms with Gasteiger partial charge in [-0.3, -0.25) is 4.57 Å². The topological polar surface area (TPSA) is 33.5 Å². The summed E-state index contributed by atoms with van der Waals surface area (Å²) in [6.07, 6.45) is 1.81. The van der Waals surface area contributed by atoms with Gasteiger partial charge in [-0.25, -0.2) is 26.9 Å². The molecule has 5 nitrogen and oxygen atoms in total. The van der Waals surface area contributed by atoms with E-state index in [0.29, 0.717) is 50.9 Å². The fourth-order valence-corrected chi connectivity index (χ4v) is 11.4. The molecule has 2 aromatic heterocycles. The Hall–Kier alpha value is -9.02. The number of anilines is 4. The number of benzene rings is 9. The number of para-hydroxylation sites is 3. The first kappa shape index (κ1) is 52.5. The number of rotatable bonds is 9. The predicted octanol–water partition coefficient (Wildman–Crippen LogP) is 21.8. The highest BCUT2D eigenvalue weighted by Crippen LogP contribution is 2.54. The fourth-order valence-electron chi connectivity index (χ4n) is 11.4. The van der Waals surface area contributed by atoms with Crippen molar-refractivity contribution in [3.63, 3.8) is 0 Å². The van der Waals surface area contributed by atoms with E-state index in [1.165, 1.54) is 6.07 Å². The molecule has 0 aliphatic carbocycles. The van der Waals surface area contributed by atoms with Gasteiger partial charge in [0.15, 0.2) is 23.3 Å². The molecule has 1 aliphatic rings. The highest BCUT2D eigenvalue weighted by Gasteiger charge is 2.37. The van der Waals surface area contributed by atoms with Gasteiger partial charge in [0, 0.05) is 45.9 Å². The van der Waals surface area contributed by atoms with Gasteiger partial charge in [0.05, 0.1) is 39.1 Å². The molecule has 0 saturated carbocycles. The van der Waals surface area contributed by atoms with Crippen LogP contribution >= 0.6 is 0 Å². The highest BCUT2D eigenvalue weighted by molar-refractivity contribution is 6.09. The van der Waals surface area contributed by atoms with Crippen LogP contribution in [0.25, 0.3) is 72.1 Å². The van der Waals surface area contributed by atoms with Gasteiger partial charge in [-0.15, -0.1) is 0 Å². The van der Waals surface area contributed by atoms with Gasteiger partial charge in [0.2, 0.25) is 5.82 Å². The van der Waals surface area contributed by atoms with Crippen molar-refractivity contribution in [1.82, 2.24) is 9.55 Å². The van der Waals surface area contributed by atoms with Gasteiger partial charge in [-0.05, 0) is 138 Å². The molecule has 434 valence electrons. The molecule has 9 aromatic carbocycles. The second-order valence-electron chi connectivity index (χ2n) is 26.5. The van der Waals surface area contributed by atoms with Crippen molar-refractivity contribution in [2.24, 2.45) is 0 Å². The lowest BCUT2D eigenvalue weighted by molar-refractivity contribution is 0.381. The number of hydrogen-bond acceptors (Lipinski definition) is 4. The van der Waals surface area contributed by atoms with Crippen molar-refractivity contribution in [1.29, 1.82) is 0 Å². The molecule has 0 spiro atoms. The van der Waals surface area contributed by atoms with Crippen molar-refractivity contribution in [3.05, 3.63) is 239 Å². The Balaban J connectivity index is 1.11. The van der Waals surface area contributed by atoms with E-state index < -0.39 is 50.9 Å². The summed E-state index contributed by atoms with van der Waals surface area (Å²) in [5, 5.41) is 1.95. The van der Waals surface area contributed by atoms with Crippen LogP contribution in [0.4, 0.5) is 44.7 Å². The molecule has 0 radical (unpaired) electrons. The van der Waals surface area contributed by atoms with Crippen LogP contribution in [0.3, 0.4) is 0 Å². The minimum atomic E-state index is -2.28. The third kappa shape index (κ3) is 10.5. The lowest BCUT2D eigenvalue weighted by Gasteiger charge is -2.30. The number of aromatic nitrogens is 2. The molecule has 12 rings (SSSR count). The van der Waals surface area contributed by atoms with E-state index >= 15 is 22.0 Å². The maximum atomic E-state index is 17.0. The molecule has 3 heterocycles. The SMILES string of the molecule is [2H]c1c([2H])c(C(C)(C)C)c([2H])c([2H])c1-c1cc(Oc2ccc3c4ccccc4n(-c4cc(C(C)(C)C)ccn4)c3c2)cc(N2CN(c3c(-c4cc(C(C)(C)C)cc(C(C)(C)C)c4)cc(-c4ccccc4)cc3-c3c(F)c(F)c(F)c(F)c3F)c3ccccc32)c1. The third-order valence-electron chi connectivity index (χ3n) is 16.3. The standard InChI is InChI=1S/C76H69F5N4O/c1-73(2,3)50-28-26-46(27-29-50)47-36-54(42-56(37-47)86-55-30-31-58-57-22-16-17-23-61(57)85(64(58)43-55)65-41-51(32-33-82-65)74(4,5)6)83-44-84(63-25-19-18-24-62(63)83)72-59(49-34-52(75(7,8)9)40-53(35-49)76(10,11)12)38-48(45-20-14-13-15-21-45)39-60(72)66-67(77)69(79)71(81)70(80)68(66)78/h13-43H,44H2,1-12H3/i26D,27D,28D,29D. The Labute approximate surface area is 506 Å². The van der Waals surface area contributed by atoms with Gasteiger partial charge >= 0.3 is 0 Å². The number of nitrogens with zero attached hydrogens (tertiary/aromatic N) is 4. The van der Waals surface area contributed by atoms with E-state index in [1.807, 2.05) is 140 Å². The lowest BCUT2D eigenvalue weighted by Crippen LogP contribution is -2.25. The van der Waals surface area contributed by atoms with Gasteiger partial charge in [-0.2, -0.15) is 0 Å². The Bertz CT molecular complexity index is 4640. The van der Waals surface area contributed by atoms with E-state index in [1.54, 1.807) is 24.3 Å². The van der Waals surface area contributed by atoms with Crippen LogP contribution in [0.15, 0.2) is 188 Å². The van der Waals surface area contributed by atoms with E-state index in [2.05, 4.69) is 91.1 Å². The van der Waals surface area contributed by atoms with E-state index in [0.717, 1.165) is 38.5 Å². The lowest BCUT2D eigenvalue weighted by atomic mass is 9.78. The van der Waals surface area contributed by atoms with Crippen molar-refractivity contribution in [2.75, 3.05) is 16.5 Å².